The van der Waals surface area contributed by atoms with Gasteiger partial charge in [-0.3, -0.25) is 0 Å². The van der Waals surface area contributed by atoms with Crippen molar-refractivity contribution in [2.75, 3.05) is 0 Å². The Morgan fingerprint density at radius 1 is 1.00 bits per heavy atom. The minimum absolute atomic E-state index is 0. The SMILES string of the molecule is [Co].[Cr].[Fe].[Mo].[Ni].[Pd].[Ti].[V].[Zr]. The van der Waals surface area contributed by atoms with Gasteiger partial charge in [0.15, 0.2) is 0 Å². The van der Waals surface area contributed by atoms with Crippen molar-refractivity contribution in [1.82, 2.24) is 0 Å². The topological polar surface area (TPSA) is 0 Å². The first-order valence-electron chi connectivity index (χ1n) is 0. The minimum atomic E-state index is 0. The van der Waals surface area contributed by atoms with Gasteiger partial charge < -0.3 is 0 Å². The Morgan fingerprint density at radius 2 is 1.00 bits per heavy atom. The first kappa shape index (κ1) is 86.3. The van der Waals surface area contributed by atoms with Crippen LogP contribution in [0.5, 0.6) is 0 Å². The molecule has 0 atom stereocenters. The van der Waals surface area contributed by atoms with E-state index in [-0.39, 0.29) is 176 Å². The van der Waals surface area contributed by atoms with Crippen LogP contribution in [0, 0.1) is 0 Å². The van der Waals surface area contributed by atoms with E-state index in [4.69, 9.17) is 0 Å². The molecule has 0 aromatic heterocycles. The summed E-state index contributed by atoms with van der Waals surface area (Å²) in [6, 6.07) is 0. The van der Waals surface area contributed by atoms with Gasteiger partial charge in [-0.15, -0.1) is 0 Å². The molecule has 0 aromatic rings. The van der Waals surface area contributed by atoms with Gasteiger partial charge in [0.2, 0.25) is 0 Å². The molecule has 0 rings (SSSR count). The van der Waals surface area contributed by atoms with Crippen LogP contribution in [0.25, 0.3) is 0 Å². The quantitative estimate of drug-likeness (QED) is 0.336. The molecule has 0 aromatic carbocycles. The molecule has 0 N–H and O–H groups in total. The average molecular weight is 618 g/mol. The molecular weight excluding hydrogens is 618 g/mol. The Bertz CT molecular complexity index is 28.5. The first-order valence-corrected chi connectivity index (χ1v) is 0. The molecule has 0 heterocycles. The van der Waals surface area contributed by atoms with Crippen molar-refractivity contribution in [1.29, 1.82) is 0 Å². The summed E-state index contributed by atoms with van der Waals surface area (Å²) in [5.74, 6) is 0. The molecule has 0 spiro atoms. The largest absolute Gasteiger partial charge is 0 e. The van der Waals surface area contributed by atoms with Gasteiger partial charge in [0.25, 0.3) is 0 Å². The van der Waals surface area contributed by atoms with Gasteiger partial charge in [-0.2, -0.15) is 0 Å². The van der Waals surface area contributed by atoms with Gasteiger partial charge in [-0.1, -0.05) is 0 Å². The molecular formula is CoCrFeMoNiPdTiVZr. The first-order chi connectivity index (χ1) is 0. The van der Waals surface area contributed by atoms with Gasteiger partial charge in [0, 0.05) is 176 Å². The summed E-state index contributed by atoms with van der Waals surface area (Å²) in [6.07, 6.45) is 0. The molecule has 0 saturated heterocycles. The van der Waals surface area contributed by atoms with Crippen molar-refractivity contribution in [3.8, 4) is 0 Å². The van der Waals surface area contributed by atoms with Crippen LogP contribution >= 0.6 is 0 Å². The maximum atomic E-state index is 0. The van der Waals surface area contributed by atoms with Crippen molar-refractivity contribution in [2.45, 2.75) is 0 Å². The smallest absolute Gasteiger partial charge is 0 e. The van der Waals surface area contributed by atoms with Gasteiger partial charge in [0.1, 0.15) is 0 Å². The Labute approximate surface area is 172 Å². The van der Waals surface area contributed by atoms with Gasteiger partial charge in [-0.05, 0) is 0 Å². The minimum Gasteiger partial charge on any atom is 0 e. The Hall–Kier alpha value is 5.58. The molecule has 0 aliphatic rings. The standard InChI is InChI=1S/Co.Cr.Fe.Mo.Ni.Pd.Ti.V.Zr. The van der Waals surface area contributed by atoms with E-state index >= 15 is 0 Å². The summed E-state index contributed by atoms with van der Waals surface area (Å²) in [6.45, 7) is 0. The van der Waals surface area contributed by atoms with E-state index in [0.717, 1.165) is 0 Å². The zero-order valence-corrected chi connectivity index (χ0v) is 17.0. The number of rotatable bonds is 0. The number of hydrogen-bond acceptors (Lipinski definition) is 0. The van der Waals surface area contributed by atoms with Crippen molar-refractivity contribution < 1.29 is 176 Å². The maximum absolute atomic E-state index is 0. The molecule has 9 heavy (non-hydrogen) atoms. The van der Waals surface area contributed by atoms with E-state index in [9.17, 15) is 0 Å². The summed E-state index contributed by atoms with van der Waals surface area (Å²) in [5, 5.41) is 0. The zero-order chi connectivity index (χ0) is 0. The molecule has 0 aliphatic heterocycles. The Balaban J connectivity index is 0. The maximum Gasteiger partial charge on any atom is 0 e. The average Bonchev–Trinajstić information content (AvgIpc) is 0. The second kappa shape index (κ2) is 69.0. The predicted molar refractivity (Wildman–Crippen MR) is 0 cm³/mol. The van der Waals surface area contributed by atoms with Crippen LogP contribution < -0.4 is 0 Å². The van der Waals surface area contributed by atoms with E-state index < -0.39 is 0 Å². The third kappa shape index (κ3) is 58.5. The van der Waals surface area contributed by atoms with Crippen molar-refractivity contribution >= 4 is 0 Å². The van der Waals surface area contributed by atoms with Crippen molar-refractivity contribution in [2.24, 2.45) is 0 Å². The summed E-state index contributed by atoms with van der Waals surface area (Å²) in [7, 11) is 0. The second-order valence-electron chi connectivity index (χ2n) is 0. The molecule has 62 valence electrons. The summed E-state index contributed by atoms with van der Waals surface area (Å²) >= 11 is 0. The van der Waals surface area contributed by atoms with Crippen molar-refractivity contribution in [3.05, 3.63) is 0 Å². The van der Waals surface area contributed by atoms with Gasteiger partial charge in [0.05, 0.1) is 0 Å². The van der Waals surface area contributed by atoms with Crippen LogP contribution in [0.1, 0.15) is 0 Å². The molecule has 0 fully saturated rings. The molecule has 2 radical (unpaired) electrons. The summed E-state index contributed by atoms with van der Waals surface area (Å²) < 4.78 is 0. The molecule has 0 aliphatic carbocycles. The molecule has 0 nitrogen and oxygen atoms in total. The van der Waals surface area contributed by atoms with E-state index in [2.05, 4.69) is 0 Å². The van der Waals surface area contributed by atoms with Crippen LogP contribution in [-0.2, 0) is 176 Å². The third-order valence-electron chi connectivity index (χ3n) is 0. The van der Waals surface area contributed by atoms with E-state index in [1.54, 1.807) is 0 Å². The van der Waals surface area contributed by atoms with Gasteiger partial charge in [-0.25, -0.2) is 0 Å². The fraction of sp³-hybridized carbons (Fsp3) is 0. The fourth-order valence-corrected chi connectivity index (χ4v) is 0. The molecule has 0 unspecified atom stereocenters. The predicted octanol–water partition coefficient (Wildman–Crippen LogP) is -0.0225. The Morgan fingerprint density at radius 3 is 1.00 bits per heavy atom. The van der Waals surface area contributed by atoms with Crippen LogP contribution in [0.15, 0.2) is 0 Å². The fourth-order valence-electron chi connectivity index (χ4n) is 0. The third-order valence-corrected chi connectivity index (χ3v) is 0. The van der Waals surface area contributed by atoms with Gasteiger partial charge >= 0.3 is 0 Å². The molecule has 9 heteroatoms. The van der Waals surface area contributed by atoms with Crippen LogP contribution in [-0.4, -0.2) is 0 Å². The molecule has 0 bridgehead atoms. The van der Waals surface area contributed by atoms with Crippen molar-refractivity contribution in [3.63, 3.8) is 0 Å². The monoisotopic (exact) mass is 617 g/mol. The summed E-state index contributed by atoms with van der Waals surface area (Å²) in [5.41, 5.74) is 0. The Kier molecular flexibility index (Phi) is 661. The second-order valence-corrected chi connectivity index (χ2v) is 0. The van der Waals surface area contributed by atoms with E-state index in [1.807, 2.05) is 0 Å². The zero-order valence-electron chi connectivity index (χ0n) is 3.58. The number of hydrogen-bond donors (Lipinski definition) is 0. The summed E-state index contributed by atoms with van der Waals surface area (Å²) in [4.78, 5) is 0. The van der Waals surface area contributed by atoms with E-state index in [0.29, 0.717) is 0 Å². The molecule has 0 saturated carbocycles. The van der Waals surface area contributed by atoms with Crippen LogP contribution in [0.3, 0.4) is 0 Å². The van der Waals surface area contributed by atoms with Crippen LogP contribution in [0.4, 0.5) is 0 Å². The normalized spacial score (nSPS) is 0. The van der Waals surface area contributed by atoms with E-state index in [1.165, 1.54) is 0 Å². The van der Waals surface area contributed by atoms with Crippen LogP contribution in [0.2, 0.25) is 0 Å². The molecule has 0 amide bonds.